The van der Waals surface area contributed by atoms with Gasteiger partial charge in [-0.2, -0.15) is 0 Å². The van der Waals surface area contributed by atoms with Crippen LogP contribution in [0, 0.1) is 0 Å². The summed E-state index contributed by atoms with van der Waals surface area (Å²) in [5, 5.41) is 0. The molecule has 2 nitrogen and oxygen atoms in total. The van der Waals surface area contributed by atoms with Gasteiger partial charge in [0.2, 0.25) is 0 Å². The molecule has 1 heterocycles. The predicted molar refractivity (Wildman–Crippen MR) is 50.1 cm³/mol. The summed E-state index contributed by atoms with van der Waals surface area (Å²) in [6.45, 7) is 2.00. The van der Waals surface area contributed by atoms with E-state index in [0.717, 1.165) is 17.7 Å². The van der Waals surface area contributed by atoms with Gasteiger partial charge in [0.1, 0.15) is 5.75 Å². The van der Waals surface area contributed by atoms with Crippen molar-refractivity contribution in [1.82, 2.24) is 0 Å². The molecule has 0 aromatic heterocycles. The van der Waals surface area contributed by atoms with E-state index in [1.807, 2.05) is 31.2 Å². The molecule has 1 aromatic rings. The molecular formula is C11H12O2. The molecule has 68 valence electrons. The van der Waals surface area contributed by atoms with Crippen molar-refractivity contribution in [2.24, 2.45) is 0 Å². The van der Waals surface area contributed by atoms with Crippen LogP contribution in [0.4, 0.5) is 0 Å². The minimum atomic E-state index is 0.146. The van der Waals surface area contributed by atoms with E-state index < -0.39 is 0 Å². The molecule has 0 amide bonds. The number of hydrogen-bond donors (Lipinski definition) is 0. The number of ketones is 1. The average Bonchev–Trinajstić information content (AvgIpc) is 2.27. The van der Waals surface area contributed by atoms with E-state index >= 15 is 0 Å². The number of ether oxygens (including phenoxy) is 1. The standard InChI is InChI=1S/C11H12O2/c1-8-6-7-10(12)9-4-2-3-5-11(9)13-8/h2-5,8H,6-7H2,1H3. The third-order valence-corrected chi connectivity index (χ3v) is 2.29. The van der Waals surface area contributed by atoms with Gasteiger partial charge in [0.05, 0.1) is 11.7 Å². The SMILES string of the molecule is CC1CCC(=O)c2ccccc2O1. The molecule has 0 saturated carbocycles. The monoisotopic (exact) mass is 176 g/mol. The Morgan fingerprint density at radius 1 is 1.38 bits per heavy atom. The first kappa shape index (κ1) is 8.30. The van der Waals surface area contributed by atoms with Gasteiger partial charge < -0.3 is 4.74 Å². The summed E-state index contributed by atoms with van der Waals surface area (Å²) in [6, 6.07) is 7.45. The second-order valence-electron chi connectivity index (χ2n) is 3.39. The number of hydrogen-bond acceptors (Lipinski definition) is 2. The summed E-state index contributed by atoms with van der Waals surface area (Å²) in [6.07, 6.45) is 1.55. The van der Waals surface area contributed by atoms with Crippen molar-refractivity contribution < 1.29 is 9.53 Å². The zero-order valence-corrected chi connectivity index (χ0v) is 7.62. The van der Waals surface area contributed by atoms with Crippen LogP contribution in [0.1, 0.15) is 30.1 Å². The Morgan fingerprint density at radius 3 is 3.00 bits per heavy atom. The van der Waals surface area contributed by atoms with Crippen LogP contribution in [0.2, 0.25) is 0 Å². The highest BCUT2D eigenvalue weighted by molar-refractivity contribution is 5.98. The van der Waals surface area contributed by atoms with Gasteiger partial charge in [-0.05, 0) is 25.5 Å². The Labute approximate surface area is 77.5 Å². The Morgan fingerprint density at radius 2 is 2.15 bits per heavy atom. The van der Waals surface area contributed by atoms with Crippen LogP contribution < -0.4 is 4.74 Å². The molecule has 1 atom stereocenters. The van der Waals surface area contributed by atoms with Crippen molar-refractivity contribution in [1.29, 1.82) is 0 Å². The number of benzene rings is 1. The minimum Gasteiger partial charge on any atom is -0.490 e. The highest BCUT2D eigenvalue weighted by Crippen LogP contribution is 2.25. The van der Waals surface area contributed by atoms with Crippen LogP contribution in [-0.2, 0) is 0 Å². The largest absolute Gasteiger partial charge is 0.490 e. The highest BCUT2D eigenvalue weighted by atomic mass is 16.5. The maximum absolute atomic E-state index is 11.6. The lowest BCUT2D eigenvalue weighted by molar-refractivity contribution is 0.0978. The topological polar surface area (TPSA) is 26.3 Å². The molecule has 2 heteroatoms. The average molecular weight is 176 g/mol. The zero-order valence-electron chi connectivity index (χ0n) is 7.62. The fraction of sp³-hybridized carbons (Fsp3) is 0.364. The maximum Gasteiger partial charge on any atom is 0.166 e. The van der Waals surface area contributed by atoms with Gasteiger partial charge in [0.25, 0.3) is 0 Å². The molecule has 2 rings (SSSR count). The summed E-state index contributed by atoms with van der Waals surface area (Å²) in [7, 11) is 0. The fourth-order valence-electron chi connectivity index (χ4n) is 1.54. The number of fused-ring (bicyclic) bond motifs is 1. The normalized spacial score (nSPS) is 21.6. The fourth-order valence-corrected chi connectivity index (χ4v) is 1.54. The number of para-hydroxylation sites is 1. The molecule has 1 unspecified atom stereocenters. The number of rotatable bonds is 0. The van der Waals surface area contributed by atoms with Crippen LogP contribution in [0.25, 0.3) is 0 Å². The Bertz CT molecular complexity index is 331. The first-order valence-electron chi connectivity index (χ1n) is 4.56. The number of Topliss-reactive ketones (excluding diaryl/α,β-unsaturated/α-hetero) is 1. The van der Waals surface area contributed by atoms with Gasteiger partial charge in [0.15, 0.2) is 5.78 Å². The smallest absolute Gasteiger partial charge is 0.166 e. The second-order valence-corrected chi connectivity index (χ2v) is 3.39. The van der Waals surface area contributed by atoms with Gasteiger partial charge in [-0.15, -0.1) is 0 Å². The van der Waals surface area contributed by atoms with Gasteiger partial charge in [-0.3, -0.25) is 4.79 Å². The zero-order chi connectivity index (χ0) is 9.26. The lowest BCUT2D eigenvalue weighted by Gasteiger charge is -2.10. The summed E-state index contributed by atoms with van der Waals surface area (Å²) in [5.41, 5.74) is 0.729. The van der Waals surface area contributed by atoms with Crippen LogP contribution in [0.5, 0.6) is 5.75 Å². The van der Waals surface area contributed by atoms with Crippen molar-refractivity contribution in [2.45, 2.75) is 25.9 Å². The van der Waals surface area contributed by atoms with E-state index in [1.165, 1.54) is 0 Å². The van der Waals surface area contributed by atoms with Crippen LogP contribution in [0.15, 0.2) is 24.3 Å². The molecule has 0 bridgehead atoms. The van der Waals surface area contributed by atoms with Crippen molar-refractivity contribution in [3.63, 3.8) is 0 Å². The highest BCUT2D eigenvalue weighted by Gasteiger charge is 2.19. The van der Waals surface area contributed by atoms with Gasteiger partial charge in [-0.1, -0.05) is 12.1 Å². The van der Waals surface area contributed by atoms with Crippen molar-refractivity contribution >= 4 is 5.78 Å². The van der Waals surface area contributed by atoms with Crippen molar-refractivity contribution in [3.8, 4) is 5.75 Å². The van der Waals surface area contributed by atoms with Crippen molar-refractivity contribution in [2.75, 3.05) is 0 Å². The molecule has 0 radical (unpaired) electrons. The van der Waals surface area contributed by atoms with Gasteiger partial charge >= 0.3 is 0 Å². The summed E-state index contributed by atoms with van der Waals surface area (Å²) in [4.78, 5) is 11.6. The van der Waals surface area contributed by atoms with E-state index in [9.17, 15) is 4.79 Å². The maximum atomic E-state index is 11.6. The van der Waals surface area contributed by atoms with E-state index in [2.05, 4.69) is 0 Å². The lowest BCUT2D eigenvalue weighted by atomic mass is 10.1. The van der Waals surface area contributed by atoms with E-state index in [4.69, 9.17) is 4.74 Å². The Hall–Kier alpha value is -1.31. The molecule has 1 aliphatic heterocycles. The van der Waals surface area contributed by atoms with Gasteiger partial charge in [0, 0.05) is 6.42 Å². The molecule has 0 fully saturated rings. The Kier molecular flexibility index (Phi) is 2.05. The third kappa shape index (κ3) is 1.57. The van der Waals surface area contributed by atoms with Crippen LogP contribution in [0.3, 0.4) is 0 Å². The third-order valence-electron chi connectivity index (χ3n) is 2.29. The lowest BCUT2D eigenvalue weighted by Crippen LogP contribution is -2.09. The second kappa shape index (κ2) is 3.21. The first-order valence-corrected chi connectivity index (χ1v) is 4.56. The van der Waals surface area contributed by atoms with E-state index in [0.29, 0.717) is 6.42 Å². The van der Waals surface area contributed by atoms with Crippen molar-refractivity contribution in [3.05, 3.63) is 29.8 Å². The molecule has 13 heavy (non-hydrogen) atoms. The predicted octanol–water partition coefficient (Wildman–Crippen LogP) is 2.43. The van der Waals surface area contributed by atoms with Crippen LogP contribution >= 0.6 is 0 Å². The number of carbonyl (C=O) groups excluding carboxylic acids is 1. The molecule has 1 aromatic carbocycles. The summed E-state index contributed by atoms with van der Waals surface area (Å²) < 4.78 is 5.61. The quantitative estimate of drug-likeness (QED) is 0.606. The minimum absolute atomic E-state index is 0.146. The molecule has 0 spiro atoms. The van der Waals surface area contributed by atoms with Gasteiger partial charge in [-0.25, -0.2) is 0 Å². The molecule has 0 aliphatic carbocycles. The first-order chi connectivity index (χ1) is 6.27. The number of carbonyl (C=O) groups is 1. The summed E-state index contributed by atoms with van der Waals surface area (Å²) in [5.74, 6) is 0.928. The Balaban J connectivity index is 2.43. The molecule has 1 aliphatic rings. The van der Waals surface area contributed by atoms with E-state index in [-0.39, 0.29) is 11.9 Å². The summed E-state index contributed by atoms with van der Waals surface area (Å²) >= 11 is 0. The molecular weight excluding hydrogens is 164 g/mol. The van der Waals surface area contributed by atoms with E-state index in [1.54, 1.807) is 0 Å². The molecule has 0 saturated heterocycles. The van der Waals surface area contributed by atoms with Crippen LogP contribution in [-0.4, -0.2) is 11.9 Å². The molecule has 0 N–H and O–H groups in total.